The van der Waals surface area contributed by atoms with E-state index in [1.54, 1.807) is 23.1 Å². The second-order valence-corrected chi connectivity index (χ2v) is 11.1. The topological polar surface area (TPSA) is 58.6 Å². The minimum absolute atomic E-state index is 0.170. The summed E-state index contributed by atoms with van der Waals surface area (Å²) in [6.07, 6.45) is 1.14. The smallest absolute Gasteiger partial charge is 0.261 e. The Hall–Kier alpha value is -2.54. The summed E-state index contributed by atoms with van der Waals surface area (Å²) in [4.78, 5) is 28.7. The van der Waals surface area contributed by atoms with E-state index in [4.69, 9.17) is 27.9 Å². The van der Waals surface area contributed by atoms with Gasteiger partial charge in [0.05, 0.1) is 14.5 Å². The minimum atomic E-state index is -0.749. The van der Waals surface area contributed by atoms with Gasteiger partial charge in [0.15, 0.2) is 6.61 Å². The van der Waals surface area contributed by atoms with Gasteiger partial charge in [-0.1, -0.05) is 86.4 Å². The van der Waals surface area contributed by atoms with Gasteiger partial charge in [0.2, 0.25) is 5.91 Å². The second kappa shape index (κ2) is 14.6. The zero-order chi connectivity index (χ0) is 27.7. The van der Waals surface area contributed by atoms with Gasteiger partial charge >= 0.3 is 0 Å². The van der Waals surface area contributed by atoms with E-state index in [1.165, 1.54) is 0 Å². The molecule has 38 heavy (non-hydrogen) atoms. The maximum atomic E-state index is 13.7. The van der Waals surface area contributed by atoms with Gasteiger partial charge in [-0.2, -0.15) is 0 Å². The van der Waals surface area contributed by atoms with Crippen LogP contribution in [0.1, 0.15) is 49.8 Å². The van der Waals surface area contributed by atoms with Gasteiger partial charge in [0.1, 0.15) is 11.8 Å². The number of hydrogen-bond donors (Lipinski definition) is 1. The maximum absolute atomic E-state index is 13.7. The van der Waals surface area contributed by atoms with E-state index >= 15 is 0 Å². The largest absolute Gasteiger partial charge is 0.483 e. The van der Waals surface area contributed by atoms with E-state index in [0.29, 0.717) is 34.7 Å². The van der Waals surface area contributed by atoms with E-state index in [9.17, 15) is 9.59 Å². The lowest BCUT2D eigenvalue weighted by molar-refractivity contribution is -0.142. The van der Waals surface area contributed by atoms with Crippen molar-refractivity contribution in [2.24, 2.45) is 0 Å². The molecule has 2 amide bonds. The fourth-order valence-electron chi connectivity index (χ4n) is 3.97. The van der Waals surface area contributed by atoms with Crippen LogP contribution in [-0.4, -0.2) is 35.9 Å². The van der Waals surface area contributed by atoms with Crippen molar-refractivity contribution in [3.05, 3.63) is 97.9 Å². The molecule has 0 saturated carbocycles. The monoisotopic (exact) mass is 618 g/mol. The van der Waals surface area contributed by atoms with Crippen molar-refractivity contribution in [3.63, 3.8) is 0 Å². The van der Waals surface area contributed by atoms with Crippen LogP contribution in [0.3, 0.4) is 0 Å². The Bertz CT molecular complexity index is 1240. The van der Waals surface area contributed by atoms with E-state index in [0.717, 1.165) is 27.6 Å². The molecule has 0 aliphatic rings. The Morgan fingerprint density at radius 1 is 0.974 bits per heavy atom. The molecule has 0 saturated heterocycles. The summed E-state index contributed by atoms with van der Waals surface area (Å²) in [5.74, 6) is 0.395. The number of hydrogen-bond acceptors (Lipinski definition) is 3. The number of carbonyl (C=O) groups is 2. The maximum Gasteiger partial charge on any atom is 0.261 e. The van der Waals surface area contributed by atoms with Crippen LogP contribution in [0.4, 0.5) is 0 Å². The second-order valence-electron chi connectivity index (χ2n) is 9.40. The molecule has 0 aliphatic carbocycles. The number of ether oxygens (including phenoxy) is 1. The number of halogens is 3. The third-order valence-electron chi connectivity index (χ3n) is 6.13. The molecule has 3 aromatic carbocycles. The van der Waals surface area contributed by atoms with Gasteiger partial charge in [-0.25, -0.2) is 0 Å². The Labute approximate surface area is 243 Å². The Morgan fingerprint density at radius 2 is 1.71 bits per heavy atom. The van der Waals surface area contributed by atoms with Crippen LogP contribution in [-0.2, 0) is 22.6 Å². The summed E-state index contributed by atoms with van der Waals surface area (Å²) >= 11 is 15.9. The van der Waals surface area contributed by atoms with Crippen LogP contribution in [0.2, 0.25) is 10.0 Å². The zero-order valence-corrected chi connectivity index (χ0v) is 24.9. The van der Waals surface area contributed by atoms with Crippen molar-refractivity contribution in [1.29, 1.82) is 0 Å². The van der Waals surface area contributed by atoms with Gasteiger partial charge in [0, 0.05) is 19.5 Å². The van der Waals surface area contributed by atoms with Crippen LogP contribution in [0, 0.1) is 0 Å². The molecule has 202 valence electrons. The van der Waals surface area contributed by atoms with Crippen molar-refractivity contribution in [1.82, 2.24) is 10.2 Å². The van der Waals surface area contributed by atoms with E-state index in [-0.39, 0.29) is 25.0 Å². The quantitative estimate of drug-likeness (QED) is 0.229. The lowest BCUT2D eigenvalue weighted by Crippen LogP contribution is -2.51. The third kappa shape index (κ3) is 8.48. The number of benzene rings is 3. The van der Waals surface area contributed by atoms with Crippen molar-refractivity contribution in [2.75, 3.05) is 13.2 Å². The van der Waals surface area contributed by atoms with Crippen LogP contribution in [0.5, 0.6) is 5.75 Å². The van der Waals surface area contributed by atoms with Crippen molar-refractivity contribution in [2.45, 2.75) is 52.1 Å². The lowest BCUT2D eigenvalue weighted by Gasteiger charge is -2.31. The average Bonchev–Trinajstić information content (AvgIpc) is 2.90. The fourth-order valence-corrected chi connectivity index (χ4v) is 4.80. The van der Waals surface area contributed by atoms with Crippen molar-refractivity contribution in [3.8, 4) is 5.75 Å². The summed E-state index contributed by atoms with van der Waals surface area (Å²) in [6.45, 7) is 6.68. The normalized spacial score (nSPS) is 11.8. The summed E-state index contributed by atoms with van der Waals surface area (Å²) in [7, 11) is 0. The fraction of sp³-hybridized carbons (Fsp3) is 0.333. The predicted molar refractivity (Wildman–Crippen MR) is 158 cm³/mol. The molecule has 1 N–H and O–H groups in total. The van der Waals surface area contributed by atoms with Gasteiger partial charge < -0.3 is 15.0 Å². The van der Waals surface area contributed by atoms with Crippen LogP contribution in [0.25, 0.3) is 0 Å². The van der Waals surface area contributed by atoms with Gasteiger partial charge in [-0.15, -0.1) is 0 Å². The van der Waals surface area contributed by atoms with Crippen LogP contribution >= 0.6 is 39.1 Å². The molecule has 3 rings (SSSR count). The lowest BCUT2D eigenvalue weighted by atomic mass is 10.0. The highest BCUT2D eigenvalue weighted by Gasteiger charge is 2.30. The Balaban J connectivity index is 1.91. The summed E-state index contributed by atoms with van der Waals surface area (Å²) in [5, 5.41) is 3.78. The molecule has 0 aliphatic heterocycles. The first-order valence-electron chi connectivity index (χ1n) is 12.7. The number of carbonyl (C=O) groups excluding carboxylic acids is 2. The number of nitrogens with zero attached hydrogens (tertiary/aromatic N) is 1. The summed E-state index contributed by atoms with van der Waals surface area (Å²) in [5.41, 5.74) is 2.87. The summed E-state index contributed by atoms with van der Waals surface area (Å²) < 4.78 is 6.71. The molecule has 0 spiro atoms. The number of nitrogens with one attached hydrogen (secondary N) is 1. The number of rotatable bonds is 12. The first-order chi connectivity index (χ1) is 18.2. The zero-order valence-electron chi connectivity index (χ0n) is 21.8. The highest BCUT2D eigenvalue weighted by molar-refractivity contribution is 9.10. The highest BCUT2D eigenvalue weighted by Crippen LogP contribution is 2.29. The Morgan fingerprint density at radius 3 is 2.34 bits per heavy atom. The molecule has 1 atom stereocenters. The van der Waals surface area contributed by atoms with Crippen molar-refractivity contribution >= 4 is 50.9 Å². The van der Waals surface area contributed by atoms with E-state index in [1.807, 2.05) is 55.5 Å². The molecule has 8 heteroatoms. The molecular formula is C30H33BrCl2N2O3. The molecule has 5 nitrogen and oxygen atoms in total. The molecule has 0 aromatic heterocycles. The molecule has 0 fully saturated rings. The standard InChI is InChI=1S/C30H33BrCl2N2O3/c1-4-14-34-30(37)27(16-21-8-6-5-7-9-21)35(18-22-10-12-25(32)26(33)15-22)29(36)19-38-28-13-11-23(20(2)3)17-24(28)31/h5-13,15,17,20,27H,4,14,16,18-19H2,1-3H3,(H,34,37)/t27-/m1/s1. The van der Waals surface area contributed by atoms with E-state index < -0.39 is 6.04 Å². The molecule has 0 bridgehead atoms. The first kappa shape index (κ1) is 30.0. The number of amides is 2. The van der Waals surface area contributed by atoms with Crippen molar-refractivity contribution < 1.29 is 14.3 Å². The third-order valence-corrected chi connectivity index (χ3v) is 7.49. The summed E-state index contributed by atoms with van der Waals surface area (Å²) in [6, 6.07) is 20.0. The molecule has 0 unspecified atom stereocenters. The van der Waals surface area contributed by atoms with Gasteiger partial charge in [0.25, 0.3) is 5.91 Å². The van der Waals surface area contributed by atoms with E-state index in [2.05, 4.69) is 35.1 Å². The molecule has 3 aromatic rings. The van der Waals surface area contributed by atoms with Gasteiger partial charge in [-0.3, -0.25) is 9.59 Å². The SMILES string of the molecule is CCCNC(=O)[C@@H](Cc1ccccc1)N(Cc1ccc(Cl)c(Cl)c1)C(=O)COc1ccc(C(C)C)cc1Br. The first-order valence-corrected chi connectivity index (χ1v) is 14.2. The molecule has 0 heterocycles. The van der Waals surface area contributed by atoms with Gasteiger partial charge in [-0.05, 0) is 69.2 Å². The van der Waals surface area contributed by atoms with Crippen LogP contribution < -0.4 is 10.1 Å². The average molecular weight is 620 g/mol. The molecule has 0 radical (unpaired) electrons. The van der Waals surface area contributed by atoms with Crippen LogP contribution in [0.15, 0.2) is 71.2 Å². The molecular weight excluding hydrogens is 587 g/mol. The predicted octanol–water partition coefficient (Wildman–Crippen LogP) is 7.42. The Kier molecular flexibility index (Phi) is 11.5. The highest BCUT2D eigenvalue weighted by atomic mass is 79.9. The minimum Gasteiger partial charge on any atom is -0.483 e.